The van der Waals surface area contributed by atoms with Crippen LogP contribution in [-0.2, 0) is 24.4 Å². The lowest BCUT2D eigenvalue weighted by molar-refractivity contribution is 0.0462. The third-order valence-corrected chi connectivity index (χ3v) is 4.83. The smallest absolute Gasteiger partial charge is 0.357 e. The van der Waals surface area contributed by atoms with Crippen molar-refractivity contribution in [3.8, 4) is 22.5 Å². The number of esters is 1. The molecule has 3 N–H and O–H groups in total. The molecule has 0 aliphatic rings. The van der Waals surface area contributed by atoms with Crippen molar-refractivity contribution in [3.05, 3.63) is 71.3 Å². The molecule has 158 valence electrons. The van der Waals surface area contributed by atoms with Crippen molar-refractivity contribution >= 4 is 5.97 Å². The van der Waals surface area contributed by atoms with Crippen molar-refractivity contribution in [1.82, 2.24) is 30.6 Å². The number of benzene rings is 2. The lowest BCUT2D eigenvalue weighted by Crippen LogP contribution is -2.08. The zero-order valence-corrected chi connectivity index (χ0v) is 17.0. The van der Waals surface area contributed by atoms with Gasteiger partial charge in [-0.2, -0.15) is 0 Å². The molecule has 0 saturated heterocycles. The number of aromatic amines is 2. The second kappa shape index (κ2) is 9.31. The summed E-state index contributed by atoms with van der Waals surface area (Å²) in [6.45, 7) is 1.81. The van der Waals surface area contributed by atoms with E-state index in [1.165, 1.54) is 0 Å². The molecule has 9 heteroatoms. The van der Waals surface area contributed by atoms with E-state index in [0.717, 1.165) is 28.7 Å². The minimum atomic E-state index is -0.536. The van der Waals surface area contributed by atoms with Crippen molar-refractivity contribution in [2.45, 2.75) is 33.0 Å². The number of hydrogen-bond acceptors (Lipinski definition) is 7. The van der Waals surface area contributed by atoms with Crippen molar-refractivity contribution in [3.63, 3.8) is 0 Å². The third-order valence-electron chi connectivity index (χ3n) is 4.83. The van der Waals surface area contributed by atoms with E-state index in [4.69, 9.17) is 4.74 Å². The number of rotatable bonds is 8. The van der Waals surface area contributed by atoms with Gasteiger partial charge in [-0.1, -0.05) is 55.5 Å². The maximum absolute atomic E-state index is 12.5. The van der Waals surface area contributed by atoms with E-state index >= 15 is 0 Å². The summed E-state index contributed by atoms with van der Waals surface area (Å²) in [5.74, 6) is 0.727. The number of nitrogens with zero attached hydrogens (tertiary/aromatic N) is 4. The summed E-state index contributed by atoms with van der Waals surface area (Å²) in [5, 5.41) is 23.5. The van der Waals surface area contributed by atoms with Crippen molar-refractivity contribution in [1.29, 1.82) is 0 Å². The van der Waals surface area contributed by atoms with Crippen LogP contribution in [0.3, 0.4) is 0 Å². The second-order valence-corrected chi connectivity index (χ2v) is 6.98. The minimum Gasteiger partial charge on any atom is -0.456 e. The fraction of sp³-hybridized carbons (Fsp3) is 0.227. The van der Waals surface area contributed by atoms with Gasteiger partial charge in [0.1, 0.15) is 12.4 Å². The molecule has 0 unspecified atom stereocenters. The van der Waals surface area contributed by atoms with E-state index in [9.17, 15) is 9.90 Å². The molecule has 2 heterocycles. The summed E-state index contributed by atoms with van der Waals surface area (Å²) in [4.78, 5) is 19.7. The van der Waals surface area contributed by atoms with Crippen LogP contribution >= 0.6 is 0 Å². The number of imidazole rings is 1. The number of aliphatic hydroxyl groups excluding tert-OH is 1. The van der Waals surface area contributed by atoms with Gasteiger partial charge in [-0.3, -0.25) is 0 Å². The molecule has 0 aliphatic heterocycles. The van der Waals surface area contributed by atoms with E-state index in [0.29, 0.717) is 23.8 Å². The Hall–Kier alpha value is -3.85. The summed E-state index contributed by atoms with van der Waals surface area (Å²) in [5.41, 5.74) is 4.22. The van der Waals surface area contributed by atoms with E-state index in [1.807, 2.05) is 55.5 Å². The highest BCUT2D eigenvalue weighted by molar-refractivity contribution is 5.88. The minimum absolute atomic E-state index is 0.111. The number of carbonyl (C=O) groups is 1. The monoisotopic (exact) mass is 418 g/mol. The number of carbonyl (C=O) groups excluding carboxylic acids is 1. The Kier molecular flexibility index (Phi) is 6.13. The van der Waals surface area contributed by atoms with Gasteiger partial charge in [0.25, 0.3) is 0 Å². The molecule has 2 aromatic carbocycles. The van der Waals surface area contributed by atoms with Gasteiger partial charge in [-0.25, -0.2) is 14.9 Å². The lowest BCUT2D eigenvalue weighted by atomic mass is 9.98. The number of H-pyrrole nitrogens is 2. The van der Waals surface area contributed by atoms with Crippen molar-refractivity contribution < 1.29 is 14.6 Å². The molecule has 4 aromatic rings. The van der Waals surface area contributed by atoms with Gasteiger partial charge in [0, 0.05) is 12.0 Å². The van der Waals surface area contributed by atoms with E-state index in [1.54, 1.807) is 0 Å². The largest absolute Gasteiger partial charge is 0.456 e. The molecule has 4 rings (SSSR count). The van der Waals surface area contributed by atoms with Crippen LogP contribution in [0.25, 0.3) is 22.5 Å². The van der Waals surface area contributed by atoms with Crippen LogP contribution in [0.1, 0.15) is 40.9 Å². The standard InChI is InChI=1S/C22H22N6O3/c1-2-5-19-23-18(12-29)20(24-19)22(30)31-13-14-8-10-15(11-9-14)16-6-3-4-7-17(16)21-25-27-28-26-21/h3-4,6-11,29H,2,5,12-13H2,1H3,(H,23,24)(H,25,26,27,28). The number of aryl methyl sites for hydroxylation is 1. The highest BCUT2D eigenvalue weighted by Crippen LogP contribution is 2.29. The first-order chi connectivity index (χ1) is 15.2. The molecule has 0 bridgehead atoms. The first kappa shape index (κ1) is 20.4. The highest BCUT2D eigenvalue weighted by Gasteiger charge is 2.18. The highest BCUT2D eigenvalue weighted by atomic mass is 16.5. The summed E-state index contributed by atoms with van der Waals surface area (Å²) < 4.78 is 5.42. The van der Waals surface area contributed by atoms with Gasteiger partial charge in [0.05, 0.1) is 12.3 Å². The Labute approximate surface area is 178 Å². The van der Waals surface area contributed by atoms with Crippen LogP contribution in [0.4, 0.5) is 0 Å². The molecule has 0 radical (unpaired) electrons. The van der Waals surface area contributed by atoms with E-state index in [-0.39, 0.29) is 18.9 Å². The fourth-order valence-electron chi connectivity index (χ4n) is 3.32. The quantitative estimate of drug-likeness (QED) is 0.375. The number of aliphatic hydroxyl groups is 1. The van der Waals surface area contributed by atoms with E-state index in [2.05, 4.69) is 30.6 Å². The molecule has 0 spiro atoms. The Morgan fingerprint density at radius 3 is 2.55 bits per heavy atom. The van der Waals surface area contributed by atoms with E-state index < -0.39 is 5.97 Å². The van der Waals surface area contributed by atoms with Crippen LogP contribution in [0.15, 0.2) is 48.5 Å². The number of nitrogens with one attached hydrogen (secondary N) is 2. The molecule has 0 atom stereocenters. The SMILES string of the molecule is CCCc1nc(CO)c(C(=O)OCc2ccc(-c3ccccc3-c3nnn[nH]3)cc2)[nH]1. The Balaban J connectivity index is 1.46. The molecule has 0 amide bonds. The van der Waals surface area contributed by atoms with Gasteiger partial charge in [-0.05, 0) is 33.5 Å². The molecular formula is C22H22N6O3. The van der Waals surface area contributed by atoms with Crippen LogP contribution in [0, 0.1) is 0 Å². The van der Waals surface area contributed by atoms with Crippen LogP contribution in [-0.4, -0.2) is 41.7 Å². The van der Waals surface area contributed by atoms with Crippen molar-refractivity contribution in [2.24, 2.45) is 0 Å². The summed E-state index contributed by atoms with van der Waals surface area (Å²) in [6, 6.07) is 15.5. The Morgan fingerprint density at radius 2 is 1.87 bits per heavy atom. The normalized spacial score (nSPS) is 10.9. The van der Waals surface area contributed by atoms with Crippen LogP contribution < -0.4 is 0 Å². The first-order valence-corrected chi connectivity index (χ1v) is 9.97. The maximum Gasteiger partial charge on any atom is 0.357 e. The second-order valence-electron chi connectivity index (χ2n) is 6.98. The van der Waals surface area contributed by atoms with Gasteiger partial charge in [0.2, 0.25) is 0 Å². The zero-order chi connectivity index (χ0) is 21.6. The number of ether oxygens (including phenoxy) is 1. The fourth-order valence-corrected chi connectivity index (χ4v) is 3.32. The van der Waals surface area contributed by atoms with Gasteiger partial charge < -0.3 is 14.8 Å². The Bertz CT molecular complexity index is 1150. The average molecular weight is 418 g/mol. The first-order valence-electron chi connectivity index (χ1n) is 9.97. The summed E-state index contributed by atoms with van der Waals surface area (Å²) >= 11 is 0. The van der Waals surface area contributed by atoms with Crippen molar-refractivity contribution in [2.75, 3.05) is 0 Å². The Morgan fingerprint density at radius 1 is 1.10 bits per heavy atom. The maximum atomic E-state index is 12.5. The lowest BCUT2D eigenvalue weighted by Gasteiger charge is -2.09. The number of aromatic nitrogens is 6. The predicted octanol–water partition coefficient (Wildman–Crippen LogP) is 3.06. The molecule has 31 heavy (non-hydrogen) atoms. The predicted molar refractivity (Wildman–Crippen MR) is 113 cm³/mol. The average Bonchev–Trinajstić information content (AvgIpc) is 3.48. The molecule has 0 saturated carbocycles. The number of tetrazole rings is 1. The molecule has 9 nitrogen and oxygen atoms in total. The van der Waals surface area contributed by atoms with Gasteiger partial charge >= 0.3 is 5.97 Å². The molecule has 0 fully saturated rings. The topological polar surface area (TPSA) is 130 Å². The third kappa shape index (κ3) is 4.51. The molecule has 2 aromatic heterocycles. The molecule has 0 aliphatic carbocycles. The number of hydrogen-bond donors (Lipinski definition) is 3. The van der Waals surface area contributed by atoms with Crippen LogP contribution in [0.2, 0.25) is 0 Å². The summed E-state index contributed by atoms with van der Waals surface area (Å²) in [6.07, 6.45) is 1.59. The van der Waals surface area contributed by atoms with Gasteiger partial charge in [0.15, 0.2) is 11.5 Å². The van der Waals surface area contributed by atoms with Gasteiger partial charge in [-0.15, -0.1) is 5.10 Å². The molecular weight excluding hydrogens is 396 g/mol. The summed E-state index contributed by atoms with van der Waals surface area (Å²) in [7, 11) is 0. The zero-order valence-electron chi connectivity index (χ0n) is 17.0. The van der Waals surface area contributed by atoms with Crippen LogP contribution in [0.5, 0.6) is 0 Å².